The van der Waals surface area contributed by atoms with Gasteiger partial charge in [-0.25, -0.2) is 0 Å². The molecule has 1 aliphatic carbocycles. The van der Waals surface area contributed by atoms with Crippen LogP contribution in [-0.4, -0.2) is 31.0 Å². The first kappa shape index (κ1) is 15.8. The van der Waals surface area contributed by atoms with Crippen LogP contribution in [0.5, 0.6) is 5.75 Å². The van der Waals surface area contributed by atoms with Crippen LogP contribution in [0.15, 0.2) is 12.1 Å². The minimum absolute atomic E-state index is 0.102. The Labute approximate surface area is 127 Å². The number of amides is 1. The van der Waals surface area contributed by atoms with E-state index in [4.69, 9.17) is 10.5 Å². The molecule has 1 aromatic rings. The van der Waals surface area contributed by atoms with Crippen LogP contribution in [0.25, 0.3) is 0 Å². The van der Waals surface area contributed by atoms with Gasteiger partial charge in [0.15, 0.2) is 0 Å². The molecule has 0 bridgehead atoms. The van der Waals surface area contributed by atoms with Crippen molar-refractivity contribution >= 4 is 5.91 Å². The van der Waals surface area contributed by atoms with E-state index < -0.39 is 0 Å². The zero-order valence-corrected chi connectivity index (χ0v) is 13.5. The predicted molar refractivity (Wildman–Crippen MR) is 84.3 cm³/mol. The predicted octanol–water partition coefficient (Wildman–Crippen LogP) is 2.40. The Morgan fingerprint density at radius 1 is 1.33 bits per heavy atom. The Kier molecular flexibility index (Phi) is 4.88. The lowest BCUT2D eigenvalue weighted by molar-refractivity contribution is -0.134. The average molecular weight is 290 g/mol. The van der Waals surface area contributed by atoms with Crippen molar-refractivity contribution in [2.75, 3.05) is 14.2 Å². The molecule has 4 nitrogen and oxygen atoms in total. The van der Waals surface area contributed by atoms with Crippen LogP contribution in [0.2, 0.25) is 0 Å². The first-order chi connectivity index (χ1) is 9.92. The van der Waals surface area contributed by atoms with E-state index in [1.807, 2.05) is 25.8 Å². The van der Waals surface area contributed by atoms with Crippen LogP contribution in [0.3, 0.4) is 0 Å². The normalized spacial score (nSPS) is 21.4. The van der Waals surface area contributed by atoms with E-state index in [2.05, 4.69) is 12.1 Å². The lowest BCUT2D eigenvalue weighted by Crippen LogP contribution is -2.32. The summed E-state index contributed by atoms with van der Waals surface area (Å²) in [4.78, 5) is 14.3. The van der Waals surface area contributed by atoms with Crippen molar-refractivity contribution in [1.82, 2.24) is 4.90 Å². The van der Waals surface area contributed by atoms with E-state index in [1.54, 1.807) is 7.11 Å². The summed E-state index contributed by atoms with van der Waals surface area (Å²) < 4.78 is 5.38. The first-order valence-corrected chi connectivity index (χ1v) is 7.57. The van der Waals surface area contributed by atoms with Gasteiger partial charge < -0.3 is 15.4 Å². The van der Waals surface area contributed by atoms with Gasteiger partial charge in [0.2, 0.25) is 5.91 Å². The maximum Gasteiger partial charge on any atom is 0.225 e. The van der Waals surface area contributed by atoms with Gasteiger partial charge in [0.1, 0.15) is 5.75 Å². The number of methoxy groups -OCH3 is 1. The van der Waals surface area contributed by atoms with Gasteiger partial charge in [-0.15, -0.1) is 0 Å². The monoisotopic (exact) mass is 290 g/mol. The highest BCUT2D eigenvalue weighted by molar-refractivity contribution is 5.79. The summed E-state index contributed by atoms with van der Waals surface area (Å²) >= 11 is 0. The van der Waals surface area contributed by atoms with Gasteiger partial charge >= 0.3 is 0 Å². The van der Waals surface area contributed by atoms with E-state index in [0.29, 0.717) is 6.54 Å². The minimum atomic E-state index is 0.102. The summed E-state index contributed by atoms with van der Waals surface area (Å²) in [7, 11) is 3.56. The van der Waals surface area contributed by atoms with Crippen molar-refractivity contribution < 1.29 is 9.53 Å². The molecule has 1 aromatic carbocycles. The molecule has 116 valence electrons. The summed E-state index contributed by atoms with van der Waals surface area (Å²) in [6.45, 7) is 4.70. The fourth-order valence-electron chi connectivity index (χ4n) is 3.36. The lowest BCUT2D eigenvalue weighted by Gasteiger charge is -2.22. The number of benzene rings is 1. The highest BCUT2D eigenvalue weighted by atomic mass is 16.5. The second kappa shape index (κ2) is 6.48. The maximum absolute atomic E-state index is 12.4. The van der Waals surface area contributed by atoms with Gasteiger partial charge in [0, 0.05) is 25.6 Å². The highest BCUT2D eigenvalue weighted by Gasteiger charge is 2.29. The van der Waals surface area contributed by atoms with E-state index in [1.165, 1.54) is 0 Å². The van der Waals surface area contributed by atoms with Gasteiger partial charge in [-0.3, -0.25) is 4.79 Å². The van der Waals surface area contributed by atoms with Crippen LogP contribution in [0.1, 0.15) is 36.0 Å². The molecular formula is C17H26N2O2. The number of nitrogens with two attached hydrogens (primary N) is 1. The first-order valence-electron chi connectivity index (χ1n) is 7.57. The van der Waals surface area contributed by atoms with Crippen molar-refractivity contribution in [2.24, 2.45) is 11.7 Å². The molecule has 0 aromatic heterocycles. The van der Waals surface area contributed by atoms with Gasteiger partial charge in [-0.05, 0) is 49.8 Å². The SMILES string of the molecule is COc1c(C)cc(CN(C)C(=O)[C@H]2CC[C@H](N)C2)cc1C. The molecule has 4 heteroatoms. The average Bonchev–Trinajstić information content (AvgIpc) is 2.84. The van der Waals surface area contributed by atoms with Crippen molar-refractivity contribution in [2.45, 2.75) is 45.7 Å². The molecule has 0 radical (unpaired) electrons. The van der Waals surface area contributed by atoms with Crippen LogP contribution in [-0.2, 0) is 11.3 Å². The molecule has 2 rings (SSSR count). The van der Waals surface area contributed by atoms with Crippen molar-refractivity contribution in [1.29, 1.82) is 0 Å². The van der Waals surface area contributed by atoms with E-state index in [0.717, 1.165) is 41.7 Å². The van der Waals surface area contributed by atoms with Gasteiger partial charge in [0.25, 0.3) is 0 Å². The molecule has 0 heterocycles. The molecule has 0 spiro atoms. The number of carbonyl (C=O) groups excluding carboxylic acids is 1. The zero-order valence-electron chi connectivity index (χ0n) is 13.5. The second-order valence-corrected chi connectivity index (χ2v) is 6.23. The zero-order chi connectivity index (χ0) is 15.6. The molecule has 1 amide bonds. The lowest BCUT2D eigenvalue weighted by atomic mass is 10.0. The number of ether oxygens (including phenoxy) is 1. The Morgan fingerprint density at radius 2 is 1.95 bits per heavy atom. The topological polar surface area (TPSA) is 55.6 Å². The molecule has 2 atom stereocenters. The molecule has 1 aliphatic rings. The third kappa shape index (κ3) is 3.56. The van der Waals surface area contributed by atoms with Crippen LogP contribution in [0.4, 0.5) is 0 Å². The third-order valence-electron chi connectivity index (χ3n) is 4.34. The molecule has 0 unspecified atom stereocenters. The molecular weight excluding hydrogens is 264 g/mol. The summed E-state index contributed by atoms with van der Waals surface area (Å²) in [5.74, 6) is 1.24. The van der Waals surface area contributed by atoms with E-state index in [9.17, 15) is 4.79 Å². The standard InChI is InChI=1S/C17H26N2O2/c1-11-7-13(8-12(2)16(11)21-4)10-19(3)17(20)14-5-6-15(18)9-14/h7-8,14-15H,5-6,9-10,18H2,1-4H3/t14-,15-/m0/s1. The van der Waals surface area contributed by atoms with E-state index >= 15 is 0 Å². The Hall–Kier alpha value is -1.55. The van der Waals surface area contributed by atoms with Crippen molar-refractivity contribution in [3.8, 4) is 5.75 Å². The summed E-state index contributed by atoms with van der Waals surface area (Å²) in [6, 6.07) is 4.38. The number of aryl methyl sites for hydroxylation is 2. The maximum atomic E-state index is 12.4. The fourth-order valence-corrected chi connectivity index (χ4v) is 3.36. The molecule has 1 fully saturated rings. The number of nitrogens with zero attached hydrogens (tertiary/aromatic N) is 1. The fraction of sp³-hybridized carbons (Fsp3) is 0.588. The Bertz CT molecular complexity index is 505. The Morgan fingerprint density at radius 3 is 2.43 bits per heavy atom. The molecule has 2 N–H and O–H groups in total. The van der Waals surface area contributed by atoms with Crippen LogP contribution >= 0.6 is 0 Å². The Balaban J connectivity index is 2.05. The largest absolute Gasteiger partial charge is 0.496 e. The minimum Gasteiger partial charge on any atom is -0.496 e. The number of rotatable bonds is 4. The highest BCUT2D eigenvalue weighted by Crippen LogP contribution is 2.28. The van der Waals surface area contributed by atoms with Crippen LogP contribution in [0, 0.1) is 19.8 Å². The van der Waals surface area contributed by atoms with Crippen LogP contribution < -0.4 is 10.5 Å². The van der Waals surface area contributed by atoms with Gasteiger partial charge in [-0.2, -0.15) is 0 Å². The molecule has 1 saturated carbocycles. The van der Waals surface area contributed by atoms with E-state index in [-0.39, 0.29) is 17.9 Å². The summed E-state index contributed by atoms with van der Waals surface area (Å²) in [6.07, 6.45) is 2.71. The third-order valence-corrected chi connectivity index (χ3v) is 4.34. The summed E-state index contributed by atoms with van der Waals surface area (Å²) in [5, 5.41) is 0. The molecule has 0 saturated heterocycles. The quantitative estimate of drug-likeness (QED) is 0.926. The van der Waals surface area contributed by atoms with Crippen molar-refractivity contribution in [3.05, 3.63) is 28.8 Å². The summed E-state index contributed by atoms with van der Waals surface area (Å²) in [5.41, 5.74) is 9.26. The van der Waals surface area contributed by atoms with Gasteiger partial charge in [0.05, 0.1) is 7.11 Å². The van der Waals surface area contributed by atoms with Gasteiger partial charge in [-0.1, -0.05) is 12.1 Å². The number of hydrogen-bond donors (Lipinski definition) is 1. The number of carbonyl (C=O) groups is 1. The number of hydrogen-bond acceptors (Lipinski definition) is 3. The van der Waals surface area contributed by atoms with Crippen molar-refractivity contribution in [3.63, 3.8) is 0 Å². The molecule has 21 heavy (non-hydrogen) atoms. The molecule has 0 aliphatic heterocycles. The smallest absolute Gasteiger partial charge is 0.225 e. The second-order valence-electron chi connectivity index (χ2n) is 6.23.